The molecule has 0 radical (unpaired) electrons. The van der Waals surface area contributed by atoms with Crippen LogP contribution >= 0.6 is 0 Å². The molecule has 6 nitrogen and oxygen atoms in total. The number of hydrogen-bond donors (Lipinski definition) is 3. The van der Waals surface area contributed by atoms with E-state index in [9.17, 15) is 19.8 Å². The molecule has 0 rings (SSSR count). The Balaban J connectivity index is 3.44. The van der Waals surface area contributed by atoms with Gasteiger partial charge in [0.15, 0.2) is 0 Å². The van der Waals surface area contributed by atoms with E-state index in [0.29, 0.717) is 19.4 Å². The number of aliphatic hydroxyl groups excluding tert-OH is 2. The van der Waals surface area contributed by atoms with Crippen LogP contribution in [-0.4, -0.2) is 47.4 Å². The van der Waals surface area contributed by atoms with Crippen LogP contribution < -0.4 is 5.32 Å². The number of carbonyl (C=O) groups is 2. The van der Waals surface area contributed by atoms with Crippen LogP contribution in [0.15, 0.2) is 36.5 Å². The molecule has 1 amide bonds. The second-order valence-electron chi connectivity index (χ2n) is 23.1. The topological polar surface area (TPSA) is 95.9 Å². The molecule has 0 spiro atoms. The van der Waals surface area contributed by atoms with Gasteiger partial charge in [0.05, 0.1) is 25.4 Å². The predicted octanol–water partition coefficient (Wildman–Crippen LogP) is 21.5. The van der Waals surface area contributed by atoms with Gasteiger partial charge >= 0.3 is 5.97 Å². The molecule has 0 heterocycles. The van der Waals surface area contributed by atoms with E-state index in [4.69, 9.17) is 4.74 Å². The summed E-state index contributed by atoms with van der Waals surface area (Å²) in [5.74, 6) is -0.0683. The minimum atomic E-state index is -0.851. The molecule has 0 aliphatic rings. The summed E-state index contributed by atoms with van der Waals surface area (Å²) >= 11 is 0. The van der Waals surface area contributed by atoms with Crippen LogP contribution in [0, 0.1) is 0 Å². The SMILES string of the molecule is CCCCCCCC/C=C\CCCCCCCCCC(=O)OCCCCCCCCCCCC/C=C\CCCCCCCCCC(=O)NC(CO)C(O)/C=C/CCCCCCCCCCCCCCCCCCCC. The number of unbranched alkanes of at least 4 members (excludes halogenated alkanes) is 48. The van der Waals surface area contributed by atoms with E-state index in [1.165, 1.54) is 289 Å². The summed E-state index contributed by atoms with van der Waals surface area (Å²) in [6.07, 6.45) is 82.0. The first-order valence-electron chi connectivity index (χ1n) is 33.8. The lowest BCUT2D eigenvalue weighted by molar-refractivity contribution is -0.143. The highest BCUT2D eigenvalue weighted by atomic mass is 16.5. The molecule has 0 bridgehead atoms. The maximum Gasteiger partial charge on any atom is 0.305 e. The van der Waals surface area contributed by atoms with Gasteiger partial charge < -0.3 is 20.3 Å². The number of ether oxygens (including phenoxy) is 1. The molecule has 0 aromatic carbocycles. The third-order valence-corrected chi connectivity index (χ3v) is 15.6. The van der Waals surface area contributed by atoms with Crippen LogP contribution in [0.5, 0.6) is 0 Å². The van der Waals surface area contributed by atoms with Crippen molar-refractivity contribution in [1.82, 2.24) is 5.32 Å². The van der Waals surface area contributed by atoms with E-state index >= 15 is 0 Å². The van der Waals surface area contributed by atoms with Gasteiger partial charge in [0.2, 0.25) is 5.91 Å². The smallest absolute Gasteiger partial charge is 0.305 e. The van der Waals surface area contributed by atoms with Crippen molar-refractivity contribution in [1.29, 1.82) is 0 Å². The van der Waals surface area contributed by atoms with Gasteiger partial charge in [-0.15, -0.1) is 0 Å². The van der Waals surface area contributed by atoms with E-state index in [1.54, 1.807) is 6.08 Å². The van der Waals surface area contributed by atoms with Crippen molar-refractivity contribution in [3.63, 3.8) is 0 Å². The molecule has 3 N–H and O–H groups in total. The summed E-state index contributed by atoms with van der Waals surface area (Å²) in [5.41, 5.74) is 0. The van der Waals surface area contributed by atoms with Gasteiger partial charge in [0.25, 0.3) is 0 Å². The highest BCUT2D eigenvalue weighted by Crippen LogP contribution is 2.18. The van der Waals surface area contributed by atoms with Crippen molar-refractivity contribution in [2.24, 2.45) is 0 Å². The average Bonchev–Trinajstić information content (AvgIpc) is 3.41. The van der Waals surface area contributed by atoms with Crippen LogP contribution in [0.3, 0.4) is 0 Å². The normalized spacial score (nSPS) is 12.7. The molecule has 6 heteroatoms. The number of carbonyl (C=O) groups excluding carboxylic acids is 2. The first kappa shape index (κ1) is 73.1. The van der Waals surface area contributed by atoms with Gasteiger partial charge in [-0.25, -0.2) is 0 Å². The van der Waals surface area contributed by atoms with Crippen molar-refractivity contribution in [2.45, 2.75) is 379 Å². The number of aliphatic hydroxyl groups is 2. The highest BCUT2D eigenvalue weighted by molar-refractivity contribution is 5.76. The number of nitrogens with one attached hydrogen (secondary N) is 1. The summed E-state index contributed by atoms with van der Waals surface area (Å²) in [4.78, 5) is 24.6. The molecule has 2 atom stereocenters. The van der Waals surface area contributed by atoms with Crippen LogP contribution in [0.4, 0.5) is 0 Å². The zero-order chi connectivity index (χ0) is 54.3. The second-order valence-corrected chi connectivity index (χ2v) is 23.1. The molecule has 0 aliphatic heterocycles. The van der Waals surface area contributed by atoms with E-state index in [-0.39, 0.29) is 18.5 Å². The quantitative estimate of drug-likeness (QED) is 0.0320. The number of rotatable bonds is 63. The Morgan fingerprint density at radius 1 is 0.360 bits per heavy atom. The lowest BCUT2D eigenvalue weighted by atomic mass is 10.0. The standard InChI is InChI=1S/C69H131NO5/c1-3-5-7-9-11-13-15-17-19-21-22-26-30-33-37-41-45-49-53-57-61-67(72)66(65-71)70-68(73)62-58-54-50-46-42-38-34-31-27-24-23-25-28-32-36-40-44-48-52-56-60-64-75-69(74)63-59-55-51-47-43-39-35-29-20-18-16-14-12-10-8-6-4-2/h18,20,24,27,57,61,66-67,71-72H,3-17,19,21-23,25-26,28-56,58-60,62-65H2,1-2H3,(H,70,73)/b20-18-,27-24-,61-57+. The van der Waals surface area contributed by atoms with Crippen molar-refractivity contribution < 1.29 is 24.5 Å². The van der Waals surface area contributed by atoms with E-state index in [0.717, 1.165) is 51.4 Å². The molecule has 75 heavy (non-hydrogen) atoms. The summed E-state index contributed by atoms with van der Waals surface area (Å²) in [6, 6.07) is -0.635. The molecule has 0 fully saturated rings. The Kier molecular flexibility index (Phi) is 63.0. The molecule has 0 aromatic rings. The van der Waals surface area contributed by atoms with Gasteiger partial charge in [0.1, 0.15) is 0 Å². The minimum absolute atomic E-state index is 0.00469. The van der Waals surface area contributed by atoms with Crippen molar-refractivity contribution in [3.05, 3.63) is 36.5 Å². The van der Waals surface area contributed by atoms with Gasteiger partial charge in [-0.05, 0) is 83.5 Å². The van der Waals surface area contributed by atoms with Gasteiger partial charge in [0, 0.05) is 12.8 Å². The van der Waals surface area contributed by atoms with E-state index < -0.39 is 12.1 Å². The average molecular weight is 1050 g/mol. The molecular weight excluding hydrogens is 923 g/mol. The monoisotopic (exact) mass is 1050 g/mol. The first-order valence-corrected chi connectivity index (χ1v) is 33.8. The van der Waals surface area contributed by atoms with Crippen LogP contribution in [-0.2, 0) is 14.3 Å². The molecule has 0 saturated heterocycles. The zero-order valence-corrected chi connectivity index (χ0v) is 50.5. The Morgan fingerprint density at radius 3 is 0.947 bits per heavy atom. The molecule has 442 valence electrons. The number of allylic oxidation sites excluding steroid dienone is 5. The lowest BCUT2D eigenvalue weighted by Gasteiger charge is -2.20. The predicted molar refractivity (Wildman–Crippen MR) is 329 cm³/mol. The van der Waals surface area contributed by atoms with Crippen LogP contribution in [0.25, 0.3) is 0 Å². The van der Waals surface area contributed by atoms with Crippen LogP contribution in [0.2, 0.25) is 0 Å². The third kappa shape index (κ3) is 61.2. The summed E-state index contributed by atoms with van der Waals surface area (Å²) in [6.45, 7) is 4.92. The third-order valence-electron chi connectivity index (χ3n) is 15.6. The Bertz CT molecular complexity index is 1210. The van der Waals surface area contributed by atoms with Crippen molar-refractivity contribution >= 4 is 11.9 Å². The molecule has 0 saturated carbocycles. The molecule has 0 aliphatic carbocycles. The largest absolute Gasteiger partial charge is 0.466 e. The number of esters is 1. The van der Waals surface area contributed by atoms with Crippen molar-refractivity contribution in [2.75, 3.05) is 13.2 Å². The highest BCUT2D eigenvalue weighted by Gasteiger charge is 2.18. The van der Waals surface area contributed by atoms with Gasteiger partial charge in [-0.3, -0.25) is 9.59 Å². The number of hydrogen-bond acceptors (Lipinski definition) is 5. The van der Waals surface area contributed by atoms with Crippen LogP contribution in [0.1, 0.15) is 367 Å². The maximum absolute atomic E-state index is 12.5. The summed E-state index contributed by atoms with van der Waals surface area (Å²) in [7, 11) is 0. The van der Waals surface area contributed by atoms with Gasteiger partial charge in [-0.2, -0.15) is 0 Å². The van der Waals surface area contributed by atoms with Crippen molar-refractivity contribution in [3.8, 4) is 0 Å². The fourth-order valence-corrected chi connectivity index (χ4v) is 10.4. The molecular formula is C69H131NO5. The Labute approximate surface area is 468 Å². The lowest BCUT2D eigenvalue weighted by Crippen LogP contribution is -2.45. The first-order chi connectivity index (χ1) is 37.0. The molecule has 2 unspecified atom stereocenters. The van der Waals surface area contributed by atoms with E-state index in [1.807, 2.05) is 6.08 Å². The summed E-state index contributed by atoms with van der Waals surface area (Å²) < 4.78 is 5.49. The van der Waals surface area contributed by atoms with E-state index in [2.05, 4.69) is 43.5 Å². The zero-order valence-electron chi connectivity index (χ0n) is 50.5. The fraction of sp³-hybridized carbons (Fsp3) is 0.884. The minimum Gasteiger partial charge on any atom is -0.466 e. The maximum atomic E-state index is 12.5. The second kappa shape index (κ2) is 64.6. The molecule has 0 aromatic heterocycles. The Morgan fingerprint density at radius 2 is 0.627 bits per heavy atom. The van der Waals surface area contributed by atoms with Gasteiger partial charge in [-0.1, -0.05) is 307 Å². The Hall–Kier alpha value is -1.92. The fourth-order valence-electron chi connectivity index (χ4n) is 10.4. The number of amides is 1. The summed E-state index contributed by atoms with van der Waals surface area (Å²) in [5, 5.41) is 23.2.